The number of nitrogens with one attached hydrogen (secondary N) is 3. The van der Waals surface area contributed by atoms with Gasteiger partial charge in [-0.05, 0) is 36.8 Å². The molecule has 0 aromatic heterocycles. The van der Waals surface area contributed by atoms with Crippen LogP contribution in [0.3, 0.4) is 0 Å². The van der Waals surface area contributed by atoms with Crippen LogP contribution in [0.1, 0.15) is 12.5 Å². The van der Waals surface area contributed by atoms with Crippen molar-refractivity contribution in [3.05, 3.63) is 64.6 Å². The molecule has 0 fully saturated rings. The van der Waals surface area contributed by atoms with Crippen LogP contribution in [0.5, 0.6) is 0 Å². The number of rotatable bonds is 5. The fourth-order valence-electron chi connectivity index (χ4n) is 1.90. The number of halogens is 1. The van der Waals surface area contributed by atoms with Gasteiger partial charge in [0.15, 0.2) is 0 Å². The van der Waals surface area contributed by atoms with Crippen molar-refractivity contribution in [1.29, 1.82) is 0 Å². The molecule has 120 valence electrons. The third kappa shape index (κ3) is 5.75. The Labute approximate surface area is 143 Å². The van der Waals surface area contributed by atoms with Crippen LogP contribution in [0, 0.1) is 0 Å². The first-order valence-electron chi connectivity index (χ1n) is 7.19. The summed E-state index contributed by atoms with van der Waals surface area (Å²) in [7, 11) is 0. The molecule has 2 aromatic rings. The number of urea groups is 1. The molecule has 5 nitrogen and oxygen atoms in total. The Morgan fingerprint density at radius 3 is 2.35 bits per heavy atom. The van der Waals surface area contributed by atoms with Gasteiger partial charge in [-0.3, -0.25) is 10.1 Å². The molecule has 3 amide bonds. The Morgan fingerprint density at radius 1 is 1.04 bits per heavy atom. The quantitative estimate of drug-likeness (QED) is 0.750. The molecule has 0 spiro atoms. The van der Waals surface area contributed by atoms with Crippen LogP contribution in [0.2, 0.25) is 0 Å². The molecule has 0 aliphatic rings. The van der Waals surface area contributed by atoms with Gasteiger partial charge in [0.05, 0.1) is 0 Å². The molecule has 0 radical (unpaired) electrons. The van der Waals surface area contributed by atoms with Gasteiger partial charge in [0.2, 0.25) is 5.91 Å². The topological polar surface area (TPSA) is 70.2 Å². The first-order valence-corrected chi connectivity index (χ1v) is 7.98. The molecule has 2 aromatic carbocycles. The van der Waals surface area contributed by atoms with Crippen molar-refractivity contribution < 1.29 is 9.59 Å². The summed E-state index contributed by atoms with van der Waals surface area (Å²) in [5, 5.41) is 8.01. The smallest absolute Gasteiger partial charge is 0.321 e. The second-order valence-corrected chi connectivity index (χ2v) is 5.95. The van der Waals surface area contributed by atoms with Gasteiger partial charge in [-0.15, -0.1) is 0 Å². The van der Waals surface area contributed by atoms with Crippen molar-refractivity contribution in [1.82, 2.24) is 10.6 Å². The number of benzene rings is 2. The molecule has 2 rings (SSSR count). The molecule has 3 N–H and O–H groups in total. The Balaban J connectivity index is 1.78. The predicted octanol–water partition coefficient (Wildman–Crippen LogP) is 3.28. The van der Waals surface area contributed by atoms with Crippen molar-refractivity contribution in [2.45, 2.75) is 19.5 Å². The zero-order valence-electron chi connectivity index (χ0n) is 12.7. The van der Waals surface area contributed by atoms with Crippen LogP contribution >= 0.6 is 15.9 Å². The molecule has 23 heavy (non-hydrogen) atoms. The van der Waals surface area contributed by atoms with Crippen molar-refractivity contribution >= 4 is 33.6 Å². The van der Waals surface area contributed by atoms with E-state index in [9.17, 15) is 9.59 Å². The lowest BCUT2D eigenvalue weighted by molar-refractivity contribution is -0.120. The minimum atomic E-state index is -0.529. The van der Waals surface area contributed by atoms with E-state index in [1.165, 1.54) is 0 Å². The third-order valence-corrected chi connectivity index (χ3v) is 3.68. The van der Waals surface area contributed by atoms with Gasteiger partial charge < -0.3 is 10.6 Å². The van der Waals surface area contributed by atoms with Crippen LogP contribution in [0.15, 0.2) is 59.1 Å². The van der Waals surface area contributed by atoms with Gasteiger partial charge in [-0.2, -0.15) is 0 Å². The number of amides is 3. The summed E-state index contributed by atoms with van der Waals surface area (Å²) in [5.74, 6) is -0.390. The summed E-state index contributed by atoms with van der Waals surface area (Å²) in [6, 6.07) is 15.9. The molecule has 0 heterocycles. The maximum absolute atomic E-state index is 12.0. The minimum absolute atomic E-state index is 0.370. The molecule has 0 aliphatic heterocycles. The Bertz CT molecular complexity index is 659. The summed E-state index contributed by atoms with van der Waals surface area (Å²) >= 11 is 3.35. The SMILES string of the molecule is CC(Nc1ccc(Br)cc1)C(=O)NC(=O)NCc1ccccc1. The first kappa shape index (κ1) is 17.0. The fourth-order valence-corrected chi connectivity index (χ4v) is 2.17. The summed E-state index contributed by atoms with van der Waals surface area (Å²) < 4.78 is 0.959. The lowest BCUT2D eigenvalue weighted by atomic mass is 10.2. The molecule has 0 saturated carbocycles. The van der Waals surface area contributed by atoms with Crippen LogP contribution in [0.4, 0.5) is 10.5 Å². The zero-order valence-corrected chi connectivity index (χ0v) is 14.3. The van der Waals surface area contributed by atoms with E-state index >= 15 is 0 Å². The van der Waals surface area contributed by atoms with Crippen molar-refractivity contribution in [3.63, 3.8) is 0 Å². The summed E-state index contributed by atoms with van der Waals surface area (Å²) in [6.07, 6.45) is 0. The standard InChI is InChI=1S/C17H18BrN3O2/c1-12(20-15-9-7-14(18)8-10-15)16(22)21-17(23)19-11-13-5-3-2-4-6-13/h2-10,12,20H,11H2,1H3,(H2,19,21,22,23). The Kier molecular flexibility index (Phi) is 6.17. The van der Waals surface area contributed by atoms with Crippen LogP contribution in [0.25, 0.3) is 0 Å². The normalized spacial score (nSPS) is 11.4. The second-order valence-electron chi connectivity index (χ2n) is 5.03. The van der Waals surface area contributed by atoms with Gasteiger partial charge in [0.1, 0.15) is 6.04 Å². The van der Waals surface area contributed by atoms with E-state index < -0.39 is 18.0 Å². The second kappa shape index (κ2) is 8.33. The molecule has 0 bridgehead atoms. The molecule has 0 saturated heterocycles. The number of hydrogen-bond donors (Lipinski definition) is 3. The van der Waals surface area contributed by atoms with Gasteiger partial charge in [0, 0.05) is 16.7 Å². The maximum Gasteiger partial charge on any atom is 0.321 e. The van der Waals surface area contributed by atoms with Gasteiger partial charge in [-0.25, -0.2) is 4.79 Å². The third-order valence-electron chi connectivity index (χ3n) is 3.15. The van der Waals surface area contributed by atoms with Crippen LogP contribution in [-0.2, 0) is 11.3 Å². The number of imide groups is 1. The highest BCUT2D eigenvalue weighted by Crippen LogP contribution is 2.14. The largest absolute Gasteiger partial charge is 0.374 e. The van der Waals surface area contributed by atoms with E-state index in [-0.39, 0.29) is 0 Å². The molecular weight excluding hydrogens is 358 g/mol. The van der Waals surface area contributed by atoms with Crippen molar-refractivity contribution in [2.24, 2.45) is 0 Å². The molecule has 1 atom stereocenters. The average molecular weight is 376 g/mol. The van der Waals surface area contributed by atoms with Gasteiger partial charge >= 0.3 is 6.03 Å². The fraction of sp³-hybridized carbons (Fsp3) is 0.176. The Morgan fingerprint density at radius 2 is 1.70 bits per heavy atom. The molecule has 1 unspecified atom stereocenters. The summed E-state index contributed by atoms with van der Waals surface area (Å²) in [4.78, 5) is 23.7. The van der Waals surface area contributed by atoms with Crippen molar-refractivity contribution in [3.8, 4) is 0 Å². The summed E-state index contributed by atoms with van der Waals surface area (Å²) in [6.45, 7) is 2.07. The predicted molar refractivity (Wildman–Crippen MR) is 94.0 cm³/mol. The van der Waals surface area contributed by atoms with E-state index in [4.69, 9.17) is 0 Å². The highest BCUT2D eigenvalue weighted by molar-refractivity contribution is 9.10. The van der Waals surface area contributed by atoms with E-state index in [0.29, 0.717) is 6.54 Å². The van der Waals surface area contributed by atoms with Gasteiger partial charge in [-0.1, -0.05) is 46.3 Å². The van der Waals surface area contributed by atoms with Crippen LogP contribution < -0.4 is 16.0 Å². The number of carbonyl (C=O) groups is 2. The number of hydrogen-bond acceptors (Lipinski definition) is 3. The van der Waals surface area contributed by atoms with Crippen LogP contribution in [-0.4, -0.2) is 18.0 Å². The van der Waals surface area contributed by atoms with Gasteiger partial charge in [0.25, 0.3) is 0 Å². The molecule has 0 aliphatic carbocycles. The lowest BCUT2D eigenvalue weighted by Crippen LogP contribution is -2.45. The van der Waals surface area contributed by atoms with Crippen molar-refractivity contribution in [2.75, 3.05) is 5.32 Å². The average Bonchev–Trinajstić information content (AvgIpc) is 2.56. The zero-order chi connectivity index (χ0) is 16.7. The van der Waals surface area contributed by atoms with E-state index in [1.54, 1.807) is 6.92 Å². The maximum atomic E-state index is 12.0. The molecule has 6 heteroatoms. The van der Waals surface area contributed by atoms with E-state index in [0.717, 1.165) is 15.7 Å². The van der Waals surface area contributed by atoms with E-state index in [2.05, 4.69) is 31.9 Å². The summed E-state index contributed by atoms with van der Waals surface area (Å²) in [5.41, 5.74) is 1.77. The highest BCUT2D eigenvalue weighted by Gasteiger charge is 2.15. The van der Waals surface area contributed by atoms with E-state index in [1.807, 2.05) is 54.6 Å². The minimum Gasteiger partial charge on any atom is -0.374 e. The highest BCUT2D eigenvalue weighted by atomic mass is 79.9. The number of carbonyl (C=O) groups excluding carboxylic acids is 2. The lowest BCUT2D eigenvalue weighted by Gasteiger charge is -2.15. The molecular formula is C17H18BrN3O2. The Hall–Kier alpha value is -2.34. The number of anilines is 1. The monoisotopic (exact) mass is 375 g/mol. The first-order chi connectivity index (χ1) is 11.0.